The molecule has 0 radical (unpaired) electrons. The number of esters is 1. The van der Waals surface area contributed by atoms with E-state index in [-0.39, 0.29) is 11.6 Å². The van der Waals surface area contributed by atoms with Crippen LogP contribution in [-0.4, -0.2) is 11.6 Å². The molecule has 2 heteroatoms. The van der Waals surface area contributed by atoms with Crippen LogP contribution < -0.4 is 0 Å². The molecule has 88 valence electrons. The Morgan fingerprint density at radius 2 is 2.00 bits per heavy atom. The van der Waals surface area contributed by atoms with Gasteiger partial charge in [0.25, 0.3) is 0 Å². The summed E-state index contributed by atoms with van der Waals surface area (Å²) in [6.45, 7) is 11.5. The van der Waals surface area contributed by atoms with E-state index in [0.717, 1.165) is 19.3 Å². The van der Waals surface area contributed by atoms with Gasteiger partial charge in [0.2, 0.25) is 0 Å². The van der Waals surface area contributed by atoms with E-state index < -0.39 is 0 Å². The van der Waals surface area contributed by atoms with Crippen LogP contribution in [0.4, 0.5) is 0 Å². The van der Waals surface area contributed by atoms with E-state index in [1.54, 1.807) is 0 Å². The lowest BCUT2D eigenvalue weighted by atomic mass is 10.00. The Hall–Kier alpha value is -0.790. The molecular formula is C13H24O2. The molecule has 0 aliphatic rings. The van der Waals surface area contributed by atoms with Crippen LogP contribution in [0.15, 0.2) is 12.7 Å². The molecule has 1 unspecified atom stereocenters. The highest BCUT2D eigenvalue weighted by atomic mass is 16.6. The van der Waals surface area contributed by atoms with Crippen molar-refractivity contribution in [1.29, 1.82) is 0 Å². The van der Waals surface area contributed by atoms with Gasteiger partial charge in [0.1, 0.15) is 5.60 Å². The van der Waals surface area contributed by atoms with Crippen LogP contribution in [0, 0.1) is 5.92 Å². The molecule has 0 aliphatic carbocycles. The van der Waals surface area contributed by atoms with E-state index >= 15 is 0 Å². The highest BCUT2D eigenvalue weighted by Crippen LogP contribution is 2.15. The largest absolute Gasteiger partial charge is 0.460 e. The van der Waals surface area contributed by atoms with E-state index in [2.05, 4.69) is 13.5 Å². The van der Waals surface area contributed by atoms with Gasteiger partial charge in [0.05, 0.1) is 0 Å². The molecule has 0 N–H and O–H groups in total. The summed E-state index contributed by atoms with van der Waals surface area (Å²) in [7, 11) is 0. The van der Waals surface area contributed by atoms with E-state index in [9.17, 15) is 4.79 Å². The lowest BCUT2D eigenvalue weighted by molar-refractivity contribution is -0.155. The van der Waals surface area contributed by atoms with Crippen LogP contribution in [0.25, 0.3) is 0 Å². The molecule has 0 aromatic carbocycles. The molecule has 0 heterocycles. The summed E-state index contributed by atoms with van der Waals surface area (Å²) in [6, 6.07) is 0. The molecule has 0 rings (SSSR count). The fourth-order valence-electron chi connectivity index (χ4n) is 1.30. The van der Waals surface area contributed by atoms with Gasteiger partial charge in [0.15, 0.2) is 0 Å². The second-order valence-electron chi connectivity index (χ2n) is 5.10. The van der Waals surface area contributed by atoms with Crippen molar-refractivity contribution in [2.75, 3.05) is 0 Å². The van der Waals surface area contributed by atoms with Gasteiger partial charge >= 0.3 is 5.97 Å². The van der Waals surface area contributed by atoms with E-state index in [4.69, 9.17) is 4.74 Å². The standard InChI is InChI=1S/C13H24O2/c1-6-7-8-11(2)9-10-12(14)15-13(3,4)5/h6,11H,1,7-10H2,2-5H3. The first-order chi connectivity index (χ1) is 6.85. The zero-order chi connectivity index (χ0) is 11.9. The van der Waals surface area contributed by atoms with Crippen LogP contribution in [0.3, 0.4) is 0 Å². The van der Waals surface area contributed by atoms with E-state index in [0.29, 0.717) is 12.3 Å². The van der Waals surface area contributed by atoms with Gasteiger partial charge in [0, 0.05) is 6.42 Å². The highest BCUT2D eigenvalue weighted by Gasteiger charge is 2.16. The molecular weight excluding hydrogens is 188 g/mol. The van der Waals surface area contributed by atoms with Crippen LogP contribution in [-0.2, 0) is 9.53 Å². The van der Waals surface area contributed by atoms with Crippen molar-refractivity contribution < 1.29 is 9.53 Å². The van der Waals surface area contributed by atoms with E-state index in [1.807, 2.05) is 26.8 Å². The number of carbonyl (C=O) groups is 1. The van der Waals surface area contributed by atoms with Crippen molar-refractivity contribution in [2.45, 2.75) is 59.0 Å². The lowest BCUT2D eigenvalue weighted by Gasteiger charge is -2.20. The van der Waals surface area contributed by atoms with Gasteiger partial charge in [-0.2, -0.15) is 0 Å². The fraction of sp³-hybridized carbons (Fsp3) is 0.769. The first-order valence-electron chi connectivity index (χ1n) is 5.68. The number of allylic oxidation sites excluding steroid dienone is 1. The average Bonchev–Trinajstić information content (AvgIpc) is 2.08. The lowest BCUT2D eigenvalue weighted by Crippen LogP contribution is -2.23. The minimum Gasteiger partial charge on any atom is -0.460 e. The third-order valence-corrected chi connectivity index (χ3v) is 2.12. The summed E-state index contributed by atoms with van der Waals surface area (Å²) in [5, 5.41) is 0. The van der Waals surface area contributed by atoms with Crippen molar-refractivity contribution >= 4 is 5.97 Å². The second-order valence-corrected chi connectivity index (χ2v) is 5.10. The van der Waals surface area contributed by atoms with Crippen molar-refractivity contribution in [3.05, 3.63) is 12.7 Å². The zero-order valence-electron chi connectivity index (χ0n) is 10.5. The normalized spacial score (nSPS) is 13.3. The molecule has 15 heavy (non-hydrogen) atoms. The molecule has 0 aromatic heterocycles. The zero-order valence-corrected chi connectivity index (χ0v) is 10.5. The molecule has 2 nitrogen and oxygen atoms in total. The van der Waals surface area contributed by atoms with Crippen LogP contribution in [0.5, 0.6) is 0 Å². The number of ether oxygens (including phenoxy) is 1. The summed E-state index contributed by atoms with van der Waals surface area (Å²) >= 11 is 0. The maximum absolute atomic E-state index is 11.4. The fourth-order valence-corrected chi connectivity index (χ4v) is 1.30. The molecule has 0 amide bonds. The Morgan fingerprint density at radius 3 is 2.47 bits per heavy atom. The van der Waals surface area contributed by atoms with Crippen molar-refractivity contribution in [2.24, 2.45) is 5.92 Å². The summed E-state index contributed by atoms with van der Waals surface area (Å²) < 4.78 is 5.23. The second kappa shape index (κ2) is 6.65. The van der Waals surface area contributed by atoms with Gasteiger partial charge in [-0.3, -0.25) is 4.79 Å². The molecule has 1 atom stereocenters. The van der Waals surface area contributed by atoms with Gasteiger partial charge in [-0.25, -0.2) is 0 Å². The summed E-state index contributed by atoms with van der Waals surface area (Å²) in [5.74, 6) is 0.475. The van der Waals surface area contributed by atoms with Crippen molar-refractivity contribution in [3.8, 4) is 0 Å². The van der Waals surface area contributed by atoms with Gasteiger partial charge in [-0.15, -0.1) is 6.58 Å². The molecule has 0 bridgehead atoms. The highest BCUT2D eigenvalue weighted by molar-refractivity contribution is 5.69. The Kier molecular flexibility index (Phi) is 6.30. The Labute approximate surface area is 93.7 Å². The SMILES string of the molecule is C=CCCC(C)CCC(=O)OC(C)(C)C. The number of hydrogen-bond donors (Lipinski definition) is 0. The topological polar surface area (TPSA) is 26.3 Å². The number of rotatable bonds is 6. The first kappa shape index (κ1) is 14.2. The number of hydrogen-bond acceptors (Lipinski definition) is 2. The maximum Gasteiger partial charge on any atom is 0.306 e. The summed E-state index contributed by atoms with van der Waals surface area (Å²) in [5.41, 5.74) is -0.360. The van der Waals surface area contributed by atoms with Gasteiger partial charge in [-0.05, 0) is 46.0 Å². The smallest absolute Gasteiger partial charge is 0.306 e. The monoisotopic (exact) mass is 212 g/mol. The Bertz CT molecular complexity index is 201. The molecule has 0 fully saturated rings. The molecule has 0 saturated heterocycles. The summed E-state index contributed by atoms with van der Waals surface area (Å²) in [6.07, 6.45) is 5.48. The minimum atomic E-state index is -0.360. The molecule has 0 saturated carbocycles. The molecule has 0 spiro atoms. The Balaban J connectivity index is 3.66. The third kappa shape index (κ3) is 9.51. The third-order valence-electron chi connectivity index (χ3n) is 2.12. The van der Waals surface area contributed by atoms with Gasteiger partial charge in [-0.1, -0.05) is 13.0 Å². The molecule has 0 aromatic rings. The first-order valence-corrected chi connectivity index (χ1v) is 5.68. The van der Waals surface area contributed by atoms with Crippen LogP contribution >= 0.6 is 0 Å². The summed E-state index contributed by atoms with van der Waals surface area (Å²) in [4.78, 5) is 11.4. The van der Waals surface area contributed by atoms with Crippen molar-refractivity contribution in [1.82, 2.24) is 0 Å². The predicted octanol–water partition coefficient (Wildman–Crippen LogP) is 3.71. The Morgan fingerprint density at radius 1 is 1.40 bits per heavy atom. The van der Waals surface area contributed by atoms with E-state index in [1.165, 1.54) is 0 Å². The number of carbonyl (C=O) groups excluding carboxylic acids is 1. The predicted molar refractivity (Wildman–Crippen MR) is 63.7 cm³/mol. The minimum absolute atomic E-state index is 0.0899. The van der Waals surface area contributed by atoms with Crippen LogP contribution in [0.1, 0.15) is 53.4 Å². The molecule has 0 aliphatic heterocycles. The van der Waals surface area contributed by atoms with Crippen LogP contribution in [0.2, 0.25) is 0 Å². The average molecular weight is 212 g/mol. The van der Waals surface area contributed by atoms with Crippen molar-refractivity contribution in [3.63, 3.8) is 0 Å². The quantitative estimate of drug-likeness (QED) is 0.495. The van der Waals surface area contributed by atoms with Gasteiger partial charge < -0.3 is 4.74 Å². The maximum atomic E-state index is 11.4.